The molecule has 0 aromatic heterocycles. The van der Waals surface area contributed by atoms with E-state index in [1.165, 1.54) is 19.3 Å². The minimum absolute atomic E-state index is 0.213. The topological polar surface area (TPSA) is 41.1 Å². The van der Waals surface area contributed by atoms with Crippen LogP contribution in [0.25, 0.3) is 0 Å². The lowest BCUT2D eigenvalue weighted by molar-refractivity contribution is -0.121. The molecule has 2 unspecified atom stereocenters. The quantitative estimate of drug-likeness (QED) is 0.748. The summed E-state index contributed by atoms with van der Waals surface area (Å²) in [6.07, 6.45) is 5.48. The minimum atomic E-state index is 0.213. The van der Waals surface area contributed by atoms with Gasteiger partial charge in [-0.3, -0.25) is 4.79 Å². The summed E-state index contributed by atoms with van der Waals surface area (Å²) in [6.45, 7) is 8.52. The van der Waals surface area contributed by atoms with Crippen molar-refractivity contribution in [3.8, 4) is 0 Å². The van der Waals surface area contributed by atoms with Crippen molar-refractivity contribution in [3.05, 3.63) is 0 Å². The van der Waals surface area contributed by atoms with Gasteiger partial charge in [-0.25, -0.2) is 0 Å². The maximum absolute atomic E-state index is 11.7. The molecule has 3 nitrogen and oxygen atoms in total. The summed E-state index contributed by atoms with van der Waals surface area (Å²) < 4.78 is 0. The summed E-state index contributed by atoms with van der Waals surface area (Å²) in [6, 6.07) is 0.567. The largest absolute Gasteiger partial charge is 0.356 e. The Hall–Kier alpha value is -0.570. The Labute approximate surface area is 106 Å². The van der Waals surface area contributed by atoms with Gasteiger partial charge in [0, 0.05) is 19.0 Å². The van der Waals surface area contributed by atoms with Crippen LogP contribution in [0.3, 0.4) is 0 Å². The van der Waals surface area contributed by atoms with E-state index in [1.54, 1.807) is 0 Å². The van der Waals surface area contributed by atoms with E-state index in [0.717, 1.165) is 19.5 Å². The SMILES string of the molecule is CC(C)C(C)CNC(=O)CCC1CCCCN1. The van der Waals surface area contributed by atoms with Crippen molar-refractivity contribution in [1.82, 2.24) is 10.6 Å². The molecule has 2 atom stereocenters. The van der Waals surface area contributed by atoms with E-state index >= 15 is 0 Å². The Bertz CT molecular complexity index is 222. The van der Waals surface area contributed by atoms with Gasteiger partial charge in [0.15, 0.2) is 0 Å². The highest BCUT2D eigenvalue weighted by atomic mass is 16.1. The number of rotatable bonds is 6. The third-order valence-corrected chi connectivity index (χ3v) is 3.89. The monoisotopic (exact) mass is 240 g/mol. The van der Waals surface area contributed by atoms with Crippen LogP contribution in [0.15, 0.2) is 0 Å². The summed E-state index contributed by atoms with van der Waals surface area (Å²) in [7, 11) is 0. The van der Waals surface area contributed by atoms with Crippen molar-refractivity contribution in [3.63, 3.8) is 0 Å². The van der Waals surface area contributed by atoms with E-state index < -0.39 is 0 Å². The molecule has 1 saturated heterocycles. The second kappa shape index (κ2) is 7.70. The number of amides is 1. The molecule has 0 aromatic rings. The molecule has 0 aromatic carbocycles. The summed E-state index contributed by atoms with van der Waals surface area (Å²) in [5.74, 6) is 1.41. The van der Waals surface area contributed by atoms with E-state index in [0.29, 0.717) is 24.3 Å². The van der Waals surface area contributed by atoms with E-state index in [4.69, 9.17) is 0 Å². The Balaban J connectivity index is 2.08. The van der Waals surface area contributed by atoms with Gasteiger partial charge in [0.1, 0.15) is 0 Å². The zero-order valence-corrected chi connectivity index (χ0v) is 11.6. The smallest absolute Gasteiger partial charge is 0.220 e. The van der Waals surface area contributed by atoms with Crippen LogP contribution in [0.4, 0.5) is 0 Å². The summed E-state index contributed by atoms with van der Waals surface area (Å²) in [5.41, 5.74) is 0. The molecular formula is C14H28N2O. The van der Waals surface area contributed by atoms with Crippen LogP contribution >= 0.6 is 0 Å². The minimum Gasteiger partial charge on any atom is -0.356 e. The van der Waals surface area contributed by atoms with Gasteiger partial charge < -0.3 is 10.6 Å². The average Bonchev–Trinajstić information content (AvgIpc) is 2.34. The van der Waals surface area contributed by atoms with Gasteiger partial charge in [0.2, 0.25) is 5.91 Å². The second-order valence-corrected chi connectivity index (χ2v) is 5.71. The fourth-order valence-electron chi connectivity index (χ4n) is 2.07. The molecule has 1 heterocycles. The lowest BCUT2D eigenvalue weighted by Crippen LogP contribution is -2.36. The van der Waals surface area contributed by atoms with Crippen molar-refractivity contribution in [2.75, 3.05) is 13.1 Å². The maximum atomic E-state index is 11.7. The van der Waals surface area contributed by atoms with Gasteiger partial charge in [-0.15, -0.1) is 0 Å². The van der Waals surface area contributed by atoms with Gasteiger partial charge in [0.05, 0.1) is 0 Å². The van der Waals surface area contributed by atoms with Crippen molar-refractivity contribution >= 4 is 5.91 Å². The van der Waals surface area contributed by atoms with E-state index in [1.807, 2.05) is 0 Å². The van der Waals surface area contributed by atoms with Gasteiger partial charge in [-0.1, -0.05) is 27.2 Å². The zero-order chi connectivity index (χ0) is 12.7. The van der Waals surface area contributed by atoms with Gasteiger partial charge in [-0.2, -0.15) is 0 Å². The van der Waals surface area contributed by atoms with Gasteiger partial charge >= 0.3 is 0 Å². The molecule has 1 amide bonds. The molecule has 0 aliphatic carbocycles. The first kappa shape index (κ1) is 14.5. The number of nitrogens with one attached hydrogen (secondary N) is 2. The number of piperidine rings is 1. The van der Waals surface area contributed by atoms with E-state index in [9.17, 15) is 4.79 Å². The van der Waals surface area contributed by atoms with Crippen LogP contribution in [-0.2, 0) is 4.79 Å². The highest BCUT2D eigenvalue weighted by Crippen LogP contribution is 2.12. The Morgan fingerprint density at radius 1 is 1.35 bits per heavy atom. The molecule has 1 aliphatic heterocycles. The second-order valence-electron chi connectivity index (χ2n) is 5.71. The summed E-state index contributed by atoms with van der Waals surface area (Å²) in [5, 5.41) is 6.51. The summed E-state index contributed by atoms with van der Waals surface area (Å²) >= 11 is 0. The van der Waals surface area contributed by atoms with Crippen molar-refractivity contribution in [2.24, 2.45) is 11.8 Å². The fraction of sp³-hybridized carbons (Fsp3) is 0.929. The van der Waals surface area contributed by atoms with Gasteiger partial charge in [-0.05, 0) is 37.6 Å². The molecule has 17 heavy (non-hydrogen) atoms. The molecule has 1 rings (SSSR count). The third-order valence-electron chi connectivity index (χ3n) is 3.89. The maximum Gasteiger partial charge on any atom is 0.220 e. The lowest BCUT2D eigenvalue weighted by Gasteiger charge is -2.23. The van der Waals surface area contributed by atoms with Crippen LogP contribution in [0.2, 0.25) is 0 Å². The van der Waals surface area contributed by atoms with Crippen LogP contribution in [-0.4, -0.2) is 25.0 Å². The lowest BCUT2D eigenvalue weighted by atomic mass is 9.98. The third kappa shape index (κ3) is 6.06. The molecule has 0 saturated carbocycles. The average molecular weight is 240 g/mol. The number of hydrogen-bond donors (Lipinski definition) is 2. The van der Waals surface area contributed by atoms with Crippen LogP contribution < -0.4 is 10.6 Å². The summed E-state index contributed by atoms with van der Waals surface area (Å²) in [4.78, 5) is 11.7. The first-order valence-corrected chi connectivity index (χ1v) is 7.09. The molecule has 2 N–H and O–H groups in total. The van der Waals surface area contributed by atoms with Crippen molar-refractivity contribution in [2.45, 2.75) is 58.9 Å². The van der Waals surface area contributed by atoms with Crippen molar-refractivity contribution < 1.29 is 4.79 Å². The molecule has 0 bridgehead atoms. The van der Waals surface area contributed by atoms with Gasteiger partial charge in [0.25, 0.3) is 0 Å². The van der Waals surface area contributed by atoms with E-state index in [-0.39, 0.29) is 5.91 Å². The molecule has 0 spiro atoms. The van der Waals surface area contributed by atoms with Crippen LogP contribution in [0.5, 0.6) is 0 Å². The number of carbonyl (C=O) groups is 1. The fourth-order valence-corrected chi connectivity index (χ4v) is 2.07. The normalized spacial score (nSPS) is 22.5. The number of carbonyl (C=O) groups excluding carboxylic acids is 1. The molecule has 3 heteroatoms. The van der Waals surface area contributed by atoms with Crippen LogP contribution in [0, 0.1) is 11.8 Å². The zero-order valence-electron chi connectivity index (χ0n) is 11.6. The molecule has 1 aliphatic rings. The van der Waals surface area contributed by atoms with E-state index in [2.05, 4.69) is 31.4 Å². The predicted molar refractivity (Wildman–Crippen MR) is 71.9 cm³/mol. The first-order chi connectivity index (χ1) is 8.09. The highest BCUT2D eigenvalue weighted by molar-refractivity contribution is 5.75. The molecule has 100 valence electrons. The molecular weight excluding hydrogens is 212 g/mol. The van der Waals surface area contributed by atoms with Crippen molar-refractivity contribution in [1.29, 1.82) is 0 Å². The predicted octanol–water partition coefficient (Wildman–Crippen LogP) is 2.32. The van der Waals surface area contributed by atoms with Crippen LogP contribution in [0.1, 0.15) is 52.9 Å². The molecule has 0 radical (unpaired) electrons. The standard InChI is InChI=1S/C14H28N2O/c1-11(2)12(3)10-16-14(17)8-7-13-6-4-5-9-15-13/h11-13,15H,4-10H2,1-3H3,(H,16,17). The molecule has 1 fully saturated rings. The highest BCUT2D eigenvalue weighted by Gasteiger charge is 2.14. The Morgan fingerprint density at radius 2 is 2.12 bits per heavy atom. The first-order valence-electron chi connectivity index (χ1n) is 7.09. The Morgan fingerprint density at radius 3 is 2.71 bits per heavy atom. The Kier molecular flexibility index (Phi) is 6.56. The number of hydrogen-bond acceptors (Lipinski definition) is 2.